The van der Waals surface area contributed by atoms with Gasteiger partial charge in [0.2, 0.25) is 10.0 Å². The molecule has 0 atom stereocenters. The number of carbonyl (C=O) groups excluding carboxylic acids is 1. The fraction of sp³-hybridized carbons (Fsp3) is 0.182. The van der Waals surface area contributed by atoms with Crippen LogP contribution in [-0.4, -0.2) is 33.0 Å². The van der Waals surface area contributed by atoms with E-state index in [1.165, 1.54) is 24.5 Å². The summed E-state index contributed by atoms with van der Waals surface area (Å²) >= 11 is 1.49. The number of benzene rings is 2. The van der Waals surface area contributed by atoms with Gasteiger partial charge in [0.1, 0.15) is 6.61 Å². The molecule has 0 radical (unpaired) electrons. The van der Waals surface area contributed by atoms with Gasteiger partial charge in [-0.25, -0.2) is 18.1 Å². The number of anilines is 1. The molecule has 8 nitrogen and oxygen atoms in total. The highest BCUT2D eigenvalue weighted by Crippen LogP contribution is 2.29. The van der Waals surface area contributed by atoms with Crippen molar-refractivity contribution in [3.8, 4) is 11.5 Å². The SMILES string of the molecule is C=CCNS(=O)(=O)Cc1ccc(NC(=O)c2ccc(OCc3cscn3)c(OC)c2)cc1. The van der Waals surface area contributed by atoms with E-state index in [1.54, 1.807) is 48.0 Å². The van der Waals surface area contributed by atoms with Crippen molar-refractivity contribution < 1.29 is 22.7 Å². The van der Waals surface area contributed by atoms with E-state index in [1.807, 2.05) is 5.38 Å². The molecule has 168 valence electrons. The summed E-state index contributed by atoms with van der Waals surface area (Å²) in [5, 5.41) is 4.68. The van der Waals surface area contributed by atoms with Crippen LogP contribution in [0, 0.1) is 0 Å². The second kappa shape index (κ2) is 10.9. The van der Waals surface area contributed by atoms with Gasteiger partial charge in [-0.15, -0.1) is 17.9 Å². The van der Waals surface area contributed by atoms with E-state index < -0.39 is 10.0 Å². The molecule has 3 aromatic rings. The lowest BCUT2D eigenvalue weighted by molar-refractivity contribution is 0.102. The molecule has 0 fully saturated rings. The van der Waals surface area contributed by atoms with Crippen LogP contribution in [-0.2, 0) is 22.4 Å². The molecular weight excluding hydrogens is 450 g/mol. The highest BCUT2D eigenvalue weighted by atomic mass is 32.2. The third kappa shape index (κ3) is 6.64. The quantitative estimate of drug-likeness (QED) is 0.412. The van der Waals surface area contributed by atoms with Gasteiger partial charge in [-0.3, -0.25) is 4.79 Å². The summed E-state index contributed by atoms with van der Waals surface area (Å²) in [6.45, 7) is 3.96. The van der Waals surface area contributed by atoms with Crippen LogP contribution in [0.4, 0.5) is 5.69 Å². The number of thiazole rings is 1. The van der Waals surface area contributed by atoms with Crippen LogP contribution < -0.4 is 19.5 Å². The number of ether oxygens (including phenoxy) is 2. The number of sulfonamides is 1. The normalized spacial score (nSPS) is 11.0. The second-order valence-corrected chi connectivity index (χ2v) is 9.21. The van der Waals surface area contributed by atoms with Crippen molar-refractivity contribution in [2.45, 2.75) is 12.4 Å². The number of nitrogens with zero attached hydrogens (tertiary/aromatic N) is 1. The molecule has 32 heavy (non-hydrogen) atoms. The van der Waals surface area contributed by atoms with Crippen LogP contribution in [0.2, 0.25) is 0 Å². The molecular formula is C22H23N3O5S2. The van der Waals surface area contributed by atoms with Gasteiger partial charge in [-0.05, 0) is 35.9 Å². The summed E-state index contributed by atoms with van der Waals surface area (Å²) in [6, 6.07) is 11.5. The molecule has 0 bridgehead atoms. The van der Waals surface area contributed by atoms with Gasteiger partial charge in [-0.2, -0.15) is 0 Å². The number of amides is 1. The molecule has 1 aromatic heterocycles. The smallest absolute Gasteiger partial charge is 0.255 e. The summed E-state index contributed by atoms with van der Waals surface area (Å²) in [7, 11) is -1.94. The summed E-state index contributed by atoms with van der Waals surface area (Å²) in [6.07, 6.45) is 1.48. The molecule has 10 heteroatoms. The Hall–Kier alpha value is -3.21. The number of methoxy groups -OCH3 is 1. The van der Waals surface area contributed by atoms with E-state index in [9.17, 15) is 13.2 Å². The number of nitrogens with one attached hydrogen (secondary N) is 2. The first kappa shape index (κ1) is 23.5. The summed E-state index contributed by atoms with van der Waals surface area (Å²) in [5.41, 5.74) is 4.07. The molecule has 0 aliphatic heterocycles. The van der Waals surface area contributed by atoms with Crippen LogP contribution in [0.15, 0.2) is 66.0 Å². The van der Waals surface area contributed by atoms with Gasteiger partial charge >= 0.3 is 0 Å². The predicted molar refractivity (Wildman–Crippen MR) is 125 cm³/mol. The zero-order valence-electron chi connectivity index (χ0n) is 17.4. The van der Waals surface area contributed by atoms with Crippen LogP contribution in [0.1, 0.15) is 21.6 Å². The van der Waals surface area contributed by atoms with Crippen molar-refractivity contribution in [1.29, 1.82) is 0 Å². The third-order valence-electron chi connectivity index (χ3n) is 4.30. The van der Waals surface area contributed by atoms with Gasteiger partial charge in [-0.1, -0.05) is 18.2 Å². The molecule has 0 aliphatic carbocycles. The van der Waals surface area contributed by atoms with E-state index in [0.29, 0.717) is 34.9 Å². The lowest BCUT2D eigenvalue weighted by atomic mass is 10.1. The average Bonchev–Trinajstić information content (AvgIpc) is 3.31. The molecule has 2 aromatic carbocycles. The van der Waals surface area contributed by atoms with Gasteiger partial charge < -0.3 is 14.8 Å². The Bertz CT molecular complexity index is 1160. The maximum Gasteiger partial charge on any atom is 0.255 e. The first-order valence-electron chi connectivity index (χ1n) is 9.56. The fourth-order valence-electron chi connectivity index (χ4n) is 2.73. The summed E-state index contributed by atoms with van der Waals surface area (Å²) < 4.78 is 37.4. The summed E-state index contributed by atoms with van der Waals surface area (Å²) in [5.74, 6) is 0.449. The molecule has 0 saturated heterocycles. The number of hydrogen-bond acceptors (Lipinski definition) is 7. The first-order valence-corrected chi connectivity index (χ1v) is 12.2. The highest BCUT2D eigenvalue weighted by Gasteiger charge is 2.13. The highest BCUT2D eigenvalue weighted by molar-refractivity contribution is 7.88. The van der Waals surface area contributed by atoms with E-state index in [4.69, 9.17) is 9.47 Å². The Morgan fingerprint density at radius 3 is 2.62 bits per heavy atom. The molecule has 0 spiro atoms. The van der Waals surface area contributed by atoms with Gasteiger partial charge in [0.25, 0.3) is 5.91 Å². The molecule has 2 N–H and O–H groups in total. The number of carbonyl (C=O) groups is 1. The maximum absolute atomic E-state index is 12.6. The van der Waals surface area contributed by atoms with Crippen LogP contribution in [0.3, 0.4) is 0 Å². The summed E-state index contributed by atoms with van der Waals surface area (Å²) in [4.78, 5) is 16.8. The minimum Gasteiger partial charge on any atom is -0.493 e. The molecule has 1 heterocycles. The second-order valence-electron chi connectivity index (χ2n) is 6.68. The van der Waals surface area contributed by atoms with E-state index in [0.717, 1.165) is 5.69 Å². The number of aromatic nitrogens is 1. The first-order chi connectivity index (χ1) is 15.4. The van der Waals surface area contributed by atoms with Crippen molar-refractivity contribution >= 4 is 33.0 Å². The minimum absolute atomic E-state index is 0.158. The predicted octanol–water partition coefficient (Wildman–Crippen LogP) is 3.59. The molecule has 1 amide bonds. The van der Waals surface area contributed by atoms with Crippen molar-refractivity contribution in [1.82, 2.24) is 9.71 Å². The Balaban J connectivity index is 1.63. The van der Waals surface area contributed by atoms with Gasteiger partial charge in [0.15, 0.2) is 11.5 Å². The molecule has 3 rings (SSSR count). The van der Waals surface area contributed by atoms with E-state index in [2.05, 4.69) is 21.6 Å². The number of hydrogen-bond donors (Lipinski definition) is 2. The van der Waals surface area contributed by atoms with E-state index >= 15 is 0 Å². The fourth-order valence-corrected chi connectivity index (χ4v) is 4.38. The lowest BCUT2D eigenvalue weighted by Crippen LogP contribution is -2.25. The Kier molecular flexibility index (Phi) is 7.98. The van der Waals surface area contributed by atoms with Crippen LogP contribution >= 0.6 is 11.3 Å². The van der Waals surface area contributed by atoms with Crippen LogP contribution in [0.5, 0.6) is 11.5 Å². The van der Waals surface area contributed by atoms with E-state index in [-0.39, 0.29) is 18.2 Å². The Morgan fingerprint density at radius 2 is 1.97 bits per heavy atom. The lowest BCUT2D eigenvalue weighted by Gasteiger charge is -2.12. The standard InChI is InChI=1S/C22H23N3O5S2/c1-3-10-24-32(27,28)14-16-4-7-18(8-5-16)25-22(26)17-6-9-20(21(11-17)29-2)30-12-19-13-31-15-23-19/h3-9,11,13,15,24H,1,10,12,14H2,2H3,(H,25,26). The van der Waals surface area contributed by atoms with Crippen molar-refractivity contribution in [2.24, 2.45) is 0 Å². The molecule has 0 aliphatic rings. The zero-order chi connectivity index (χ0) is 23.0. The Morgan fingerprint density at radius 1 is 1.19 bits per heavy atom. The third-order valence-corrected chi connectivity index (χ3v) is 6.26. The average molecular weight is 474 g/mol. The Labute approximate surface area is 191 Å². The molecule has 0 unspecified atom stereocenters. The van der Waals surface area contributed by atoms with Gasteiger partial charge in [0, 0.05) is 23.2 Å². The van der Waals surface area contributed by atoms with Crippen LogP contribution in [0.25, 0.3) is 0 Å². The van der Waals surface area contributed by atoms with Crippen molar-refractivity contribution in [3.05, 3.63) is 82.8 Å². The topological polar surface area (TPSA) is 107 Å². The molecule has 0 saturated carbocycles. The van der Waals surface area contributed by atoms with Crippen molar-refractivity contribution in [3.63, 3.8) is 0 Å². The maximum atomic E-state index is 12.6. The van der Waals surface area contributed by atoms with Crippen molar-refractivity contribution in [2.75, 3.05) is 19.0 Å². The number of rotatable bonds is 11. The largest absolute Gasteiger partial charge is 0.493 e. The minimum atomic E-state index is -3.44. The van der Waals surface area contributed by atoms with Gasteiger partial charge in [0.05, 0.1) is 24.1 Å². The monoisotopic (exact) mass is 473 g/mol. The zero-order valence-corrected chi connectivity index (χ0v) is 19.0.